The Balaban J connectivity index is 1.77. The summed E-state index contributed by atoms with van der Waals surface area (Å²) in [5, 5.41) is 4.71. The van der Waals surface area contributed by atoms with E-state index in [4.69, 9.17) is 11.6 Å². The molecule has 0 aliphatic carbocycles. The highest BCUT2D eigenvalue weighted by Gasteiger charge is 2.17. The number of carbonyl (C=O) groups is 1. The van der Waals surface area contributed by atoms with Gasteiger partial charge in [-0.15, -0.1) is 0 Å². The first-order valence-electron chi connectivity index (χ1n) is 7.64. The van der Waals surface area contributed by atoms with E-state index in [2.05, 4.69) is 10.4 Å². The van der Waals surface area contributed by atoms with Crippen molar-refractivity contribution in [2.24, 2.45) is 0 Å². The summed E-state index contributed by atoms with van der Waals surface area (Å²) < 4.78 is 0. The van der Waals surface area contributed by atoms with Crippen LogP contribution in [0.2, 0.25) is 5.02 Å². The SMILES string of the molecule is O=C(Cc1ccccc1Cl)N(Cc1ccsc1)Cc1ccccn1. The molecule has 2 aromatic heterocycles. The standard InChI is InChI=1S/C19H17ClN2OS/c20-18-7-2-1-5-16(18)11-19(23)22(12-15-8-10-24-14-15)13-17-6-3-4-9-21-17/h1-10,14H,11-13H2. The first kappa shape index (κ1) is 16.7. The Bertz CT molecular complexity index is 790. The maximum absolute atomic E-state index is 12.8. The zero-order chi connectivity index (χ0) is 16.8. The minimum Gasteiger partial charge on any atom is -0.332 e. The predicted molar refractivity (Wildman–Crippen MR) is 98.0 cm³/mol. The van der Waals surface area contributed by atoms with E-state index in [0.29, 0.717) is 18.1 Å². The number of carbonyl (C=O) groups excluding carboxylic acids is 1. The predicted octanol–water partition coefficient (Wildman–Crippen LogP) is 4.57. The van der Waals surface area contributed by atoms with Crippen LogP contribution in [0.3, 0.4) is 0 Å². The van der Waals surface area contributed by atoms with Crippen LogP contribution in [0, 0.1) is 0 Å². The second-order valence-corrected chi connectivity index (χ2v) is 6.66. The Morgan fingerprint density at radius 1 is 1.08 bits per heavy atom. The number of rotatable bonds is 6. The molecule has 3 nitrogen and oxygen atoms in total. The van der Waals surface area contributed by atoms with E-state index in [1.165, 1.54) is 0 Å². The smallest absolute Gasteiger partial charge is 0.227 e. The Morgan fingerprint density at radius 2 is 1.92 bits per heavy atom. The molecule has 122 valence electrons. The van der Waals surface area contributed by atoms with Gasteiger partial charge < -0.3 is 4.90 Å². The molecular formula is C19H17ClN2OS. The van der Waals surface area contributed by atoms with Crippen LogP contribution in [-0.2, 0) is 24.3 Å². The van der Waals surface area contributed by atoms with Crippen LogP contribution >= 0.6 is 22.9 Å². The summed E-state index contributed by atoms with van der Waals surface area (Å²) in [6, 6.07) is 15.3. The van der Waals surface area contributed by atoms with Gasteiger partial charge >= 0.3 is 0 Å². The summed E-state index contributed by atoms with van der Waals surface area (Å²) >= 11 is 7.83. The molecule has 0 aliphatic rings. The molecule has 0 saturated carbocycles. The highest BCUT2D eigenvalue weighted by Crippen LogP contribution is 2.18. The van der Waals surface area contributed by atoms with Gasteiger partial charge in [-0.3, -0.25) is 9.78 Å². The number of thiophene rings is 1. The number of pyridine rings is 1. The number of halogens is 1. The molecule has 0 spiro atoms. The Hall–Kier alpha value is -2.17. The molecule has 0 N–H and O–H groups in total. The molecule has 1 amide bonds. The van der Waals surface area contributed by atoms with Crippen molar-refractivity contribution in [1.82, 2.24) is 9.88 Å². The highest BCUT2D eigenvalue weighted by molar-refractivity contribution is 7.07. The number of amides is 1. The van der Waals surface area contributed by atoms with Gasteiger partial charge in [0.15, 0.2) is 0 Å². The van der Waals surface area contributed by atoms with Crippen LogP contribution < -0.4 is 0 Å². The van der Waals surface area contributed by atoms with Gasteiger partial charge in [-0.05, 0) is 46.2 Å². The molecule has 5 heteroatoms. The monoisotopic (exact) mass is 356 g/mol. The zero-order valence-corrected chi connectivity index (χ0v) is 14.6. The van der Waals surface area contributed by atoms with E-state index < -0.39 is 0 Å². The summed E-state index contributed by atoms with van der Waals surface area (Å²) in [6.45, 7) is 1.06. The highest BCUT2D eigenvalue weighted by atomic mass is 35.5. The summed E-state index contributed by atoms with van der Waals surface area (Å²) in [5.74, 6) is 0.0416. The third-order valence-corrected chi connectivity index (χ3v) is 4.79. The van der Waals surface area contributed by atoms with E-state index in [0.717, 1.165) is 16.8 Å². The molecule has 0 bridgehead atoms. The summed E-state index contributed by atoms with van der Waals surface area (Å²) in [4.78, 5) is 19.0. The van der Waals surface area contributed by atoms with E-state index in [1.807, 2.05) is 58.8 Å². The van der Waals surface area contributed by atoms with Crippen LogP contribution in [0.25, 0.3) is 0 Å². The topological polar surface area (TPSA) is 33.2 Å². The third-order valence-electron chi connectivity index (χ3n) is 3.68. The van der Waals surface area contributed by atoms with E-state index >= 15 is 0 Å². The van der Waals surface area contributed by atoms with E-state index in [1.54, 1.807) is 17.5 Å². The summed E-state index contributed by atoms with van der Waals surface area (Å²) in [7, 11) is 0. The van der Waals surface area contributed by atoms with Gasteiger partial charge in [0.2, 0.25) is 5.91 Å². The molecule has 0 fully saturated rings. The first-order valence-corrected chi connectivity index (χ1v) is 8.96. The van der Waals surface area contributed by atoms with Crippen molar-refractivity contribution in [3.63, 3.8) is 0 Å². The first-order chi connectivity index (χ1) is 11.7. The fourth-order valence-corrected chi connectivity index (χ4v) is 3.30. The number of hydrogen-bond donors (Lipinski definition) is 0. The van der Waals surface area contributed by atoms with Crippen molar-refractivity contribution in [2.45, 2.75) is 19.5 Å². The van der Waals surface area contributed by atoms with Gasteiger partial charge in [0.25, 0.3) is 0 Å². The molecule has 2 heterocycles. The fourth-order valence-electron chi connectivity index (χ4n) is 2.44. The number of aromatic nitrogens is 1. The van der Waals surface area contributed by atoms with Gasteiger partial charge in [-0.1, -0.05) is 35.9 Å². The maximum Gasteiger partial charge on any atom is 0.227 e. The molecule has 0 aliphatic heterocycles. The van der Waals surface area contributed by atoms with Crippen LogP contribution in [0.4, 0.5) is 0 Å². The van der Waals surface area contributed by atoms with Crippen molar-refractivity contribution in [2.75, 3.05) is 0 Å². The van der Waals surface area contributed by atoms with Crippen LogP contribution in [0.15, 0.2) is 65.5 Å². The molecule has 0 atom stereocenters. The second-order valence-electron chi connectivity index (χ2n) is 5.47. The van der Waals surface area contributed by atoms with Gasteiger partial charge in [-0.25, -0.2) is 0 Å². The molecule has 1 aromatic carbocycles. The minimum absolute atomic E-state index is 0.0416. The van der Waals surface area contributed by atoms with Gasteiger partial charge in [0.05, 0.1) is 18.7 Å². The van der Waals surface area contributed by atoms with Crippen LogP contribution in [0.1, 0.15) is 16.8 Å². The Kier molecular flexibility index (Phi) is 5.62. The van der Waals surface area contributed by atoms with Crippen molar-refractivity contribution >= 4 is 28.8 Å². The lowest BCUT2D eigenvalue weighted by atomic mass is 10.1. The molecule has 0 unspecified atom stereocenters. The lowest BCUT2D eigenvalue weighted by Gasteiger charge is -2.22. The largest absolute Gasteiger partial charge is 0.332 e. The number of hydrogen-bond acceptors (Lipinski definition) is 3. The van der Waals surface area contributed by atoms with Crippen molar-refractivity contribution in [3.05, 3.63) is 87.3 Å². The Morgan fingerprint density at radius 3 is 2.62 bits per heavy atom. The number of benzene rings is 1. The van der Waals surface area contributed by atoms with Gasteiger partial charge in [-0.2, -0.15) is 11.3 Å². The molecule has 0 saturated heterocycles. The minimum atomic E-state index is 0.0416. The second kappa shape index (κ2) is 8.08. The van der Waals surface area contributed by atoms with Crippen molar-refractivity contribution in [3.8, 4) is 0 Å². The van der Waals surface area contributed by atoms with E-state index in [9.17, 15) is 4.79 Å². The van der Waals surface area contributed by atoms with Gasteiger partial charge in [0, 0.05) is 17.8 Å². The summed E-state index contributed by atoms with van der Waals surface area (Å²) in [6.07, 6.45) is 2.04. The van der Waals surface area contributed by atoms with Gasteiger partial charge in [0.1, 0.15) is 0 Å². The normalized spacial score (nSPS) is 10.5. The van der Waals surface area contributed by atoms with Crippen LogP contribution in [-0.4, -0.2) is 15.8 Å². The summed E-state index contributed by atoms with van der Waals surface area (Å²) in [5.41, 5.74) is 2.85. The average Bonchev–Trinajstić information content (AvgIpc) is 3.10. The number of nitrogens with zero attached hydrogens (tertiary/aromatic N) is 2. The quantitative estimate of drug-likeness (QED) is 0.648. The third kappa shape index (κ3) is 4.43. The fraction of sp³-hybridized carbons (Fsp3) is 0.158. The van der Waals surface area contributed by atoms with Crippen LogP contribution in [0.5, 0.6) is 0 Å². The Labute approximate surface area is 150 Å². The molecule has 3 rings (SSSR count). The lowest BCUT2D eigenvalue weighted by Crippen LogP contribution is -2.31. The molecule has 3 aromatic rings. The zero-order valence-electron chi connectivity index (χ0n) is 13.1. The van der Waals surface area contributed by atoms with E-state index in [-0.39, 0.29) is 12.3 Å². The lowest BCUT2D eigenvalue weighted by molar-refractivity contribution is -0.131. The maximum atomic E-state index is 12.8. The average molecular weight is 357 g/mol. The molecular weight excluding hydrogens is 340 g/mol. The molecule has 24 heavy (non-hydrogen) atoms. The van der Waals surface area contributed by atoms with Crippen molar-refractivity contribution < 1.29 is 4.79 Å². The van der Waals surface area contributed by atoms with Crippen molar-refractivity contribution in [1.29, 1.82) is 0 Å². The molecule has 0 radical (unpaired) electrons.